The van der Waals surface area contributed by atoms with Crippen LogP contribution in [0.1, 0.15) is 30.8 Å². The molecule has 1 aliphatic rings. The van der Waals surface area contributed by atoms with Gasteiger partial charge in [-0.2, -0.15) is 0 Å². The molecule has 7 heteroatoms. The fourth-order valence-corrected chi connectivity index (χ4v) is 3.13. The van der Waals surface area contributed by atoms with Crippen molar-refractivity contribution in [3.8, 4) is 11.3 Å². The summed E-state index contributed by atoms with van der Waals surface area (Å²) in [5.74, 6) is -0.103. The number of aliphatic carboxylic acids is 1. The minimum Gasteiger partial charge on any atom is -0.479 e. The summed E-state index contributed by atoms with van der Waals surface area (Å²) in [5, 5.41) is 19.0. The van der Waals surface area contributed by atoms with Gasteiger partial charge in [0.1, 0.15) is 0 Å². The highest BCUT2D eigenvalue weighted by Crippen LogP contribution is 2.26. The molecule has 0 unspecified atom stereocenters. The molecule has 1 aliphatic heterocycles. The van der Waals surface area contributed by atoms with Gasteiger partial charge in [0.2, 0.25) is 5.91 Å². The van der Waals surface area contributed by atoms with Gasteiger partial charge in [-0.3, -0.25) is 4.79 Å². The number of nitrogens with zero attached hydrogens (tertiary/aromatic N) is 2. The minimum absolute atomic E-state index is 0.0460. The highest BCUT2D eigenvalue weighted by Gasteiger charge is 2.40. The van der Waals surface area contributed by atoms with Crippen molar-refractivity contribution in [3.05, 3.63) is 41.9 Å². The topological polar surface area (TPSA) is 104 Å². The minimum atomic E-state index is -1.72. The van der Waals surface area contributed by atoms with E-state index in [1.807, 2.05) is 37.3 Å². The third-order valence-corrected chi connectivity index (χ3v) is 4.77. The summed E-state index contributed by atoms with van der Waals surface area (Å²) in [7, 11) is 0. The number of oxazole rings is 1. The molecule has 1 aromatic carbocycles. The van der Waals surface area contributed by atoms with E-state index in [2.05, 4.69) is 4.98 Å². The third-order valence-electron chi connectivity index (χ3n) is 4.77. The summed E-state index contributed by atoms with van der Waals surface area (Å²) < 4.78 is 5.80. The van der Waals surface area contributed by atoms with Gasteiger partial charge in [-0.05, 0) is 6.92 Å². The molecule has 138 valence electrons. The number of aromatic nitrogens is 1. The fraction of sp³-hybridized carbons (Fsp3) is 0.421. The number of carboxylic acid groups (broad SMARTS) is 1. The Morgan fingerprint density at radius 3 is 2.50 bits per heavy atom. The predicted molar refractivity (Wildman–Crippen MR) is 93.4 cm³/mol. The van der Waals surface area contributed by atoms with Crippen LogP contribution in [-0.2, 0) is 16.0 Å². The summed E-state index contributed by atoms with van der Waals surface area (Å²) >= 11 is 0. The van der Waals surface area contributed by atoms with Crippen LogP contribution in [0, 0.1) is 6.92 Å². The first kappa shape index (κ1) is 18.1. The number of rotatable bonds is 5. The molecule has 0 atom stereocenters. The second-order valence-corrected chi connectivity index (χ2v) is 6.61. The van der Waals surface area contributed by atoms with Crippen LogP contribution in [0.2, 0.25) is 0 Å². The standard InChI is InChI=1S/C19H22N2O5/c1-13-17(14-5-3-2-4-6-14)26-15(20-13)7-8-16(22)21-11-9-19(25,10-12-21)18(23)24/h2-6,25H,7-12H2,1H3,(H,23,24). The number of amides is 1. The molecule has 2 aromatic rings. The highest BCUT2D eigenvalue weighted by molar-refractivity contribution is 5.79. The van der Waals surface area contributed by atoms with Crippen molar-refractivity contribution in [2.75, 3.05) is 13.1 Å². The zero-order chi connectivity index (χ0) is 18.7. The average Bonchev–Trinajstić information content (AvgIpc) is 3.01. The van der Waals surface area contributed by atoms with Gasteiger partial charge < -0.3 is 19.5 Å². The van der Waals surface area contributed by atoms with E-state index in [1.165, 1.54) is 0 Å². The Morgan fingerprint density at radius 1 is 1.23 bits per heavy atom. The number of aliphatic hydroxyl groups is 1. The molecule has 0 bridgehead atoms. The van der Waals surface area contributed by atoms with E-state index >= 15 is 0 Å². The lowest BCUT2D eigenvalue weighted by Crippen LogP contribution is -2.50. The largest absolute Gasteiger partial charge is 0.479 e. The Bertz CT molecular complexity index is 792. The Balaban J connectivity index is 1.57. The van der Waals surface area contributed by atoms with E-state index < -0.39 is 11.6 Å². The zero-order valence-corrected chi connectivity index (χ0v) is 14.6. The number of piperidine rings is 1. The van der Waals surface area contributed by atoms with E-state index in [1.54, 1.807) is 4.90 Å². The molecule has 0 aliphatic carbocycles. The van der Waals surface area contributed by atoms with Crippen LogP contribution in [0.4, 0.5) is 0 Å². The molecule has 1 aromatic heterocycles. The second kappa shape index (κ2) is 7.29. The molecule has 1 amide bonds. The van der Waals surface area contributed by atoms with E-state index in [0.29, 0.717) is 18.1 Å². The first-order chi connectivity index (χ1) is 12.4. The van der Waals surface area contributed by atoms with Crippen LogP contribution < -0.4 is 0 Å². The summed E-state index contributed by atoms with van der Waals surface area (Å²) in [4.78, 5) is 29.4. The van der Waals surface area contributed by atoms with Gasteiger partial charge in [0.05, 0.1) is 5.69 Å². The Morgan fingerprint density at radius 2 is 1.88 bits per heavy atom. The number of aryl methyl sites for hydroxylation is 2. The van der Waals surface area contributed by atoms with Crippen LogP contribution in [-0.4, -0.2) is 50.7 Å². The van der Waals surface area contributed by atoms with Gasteiger partial charge in [-0.15, -0.1) is 0 Å². The molecule has 2 heterocycles. The number of hydrogen-bond donors (Lipinski definition) is 2. The maximum Gasteiger partial charge on any atom is 0.335 e. The summed E-state index contributed by atoms with van der Waals surface area (Å²) in [5.41, 5.74) is 0.00308. The molecule has 7 nitrogen and oxygen atoms in total. The molecule has 2 N–H and O–H groups in total. The molecule has 0 radical (unpaired) electrons. The summed E-state index contributed by atoms with van der Waals surface area (Å²) in [6.45, 7) is 2.34. The quantitative estimate of drug-likeness (QED) is 0.847. The molecule has 1 saturated heterocycles. The van der Waals surface area contributed by atoms with Crippen molar-refractivity contribution < 1.29 is 24.2 Å². The number of hydrogen-bond acceptors (Lipinski definition) is 5. The Kier molecular flexibility index (Phi) is 5.08. The van der Waals surface area contributed by atoms with Crippen molar-refractivity contribution in [3.63, 3.8) is 0 Å². The van der Waals surface area contributed by atoms with Crippen LogP contribution >= 0.6 is 0 Å². The lowest BCUT2D eigenvalue weighted by molar-refractivity contribution is -0.165. The Hall–Kier alpha value is -2.67. The van der Waals surface area contributed by atoms with Gasteiger partial charge in [0.25, 0.3) is 0 Å². The normalized spacial score (nSPS) is 16.5. The maximum absolute atomic E-state index is 12.3. The van der Waals surface area contributed by atoms with E-state index in [9.17, 15) is 14.7 Å². The van der Waals surface area contributed by atoms with E-state index in [-0.39, 0.29) is 38.3 Å². The van der Waals surface area contributed by atoms with Crippen molar-refractivity contribution >= 4 is 11.9 Å². The van der Waals surface area contributed by atoms with Crippen LogP contribution in [0.25, 0.3) is 11.3 Å². The van der Waals surface area contributed by atoms with E-state index in [0.717, 1.165) is 11.3 Å². The third kappa shape index (κ3) is 3.77. The molecule has 1 fully saturated rings. The van der Waals surface area contributed by atoms with Gasteiger partial charge in [0, 0.05) is 44.3 Å². The molecular weight excluding hydrogens is 336 g/mol. The van der Waals surface area contributed by atoms with Gasteiger partial charge in [-0.25, -0.2) is 9.78 Å². The molecule has 26 heavy (non-hydrogen) atoms. The highest BCUT2D eigenvalue weighted by atomic mass is 16.4. The number of carboxylic acids is 1. The van der Waals surface area contributed by atoms with Gasteiger partial charge >= 0.3 is 5.97 Å². The maximum atomic E-state index is 12.3. The van der Waals surface area contributed by atoms with Crippen molar-refractivity contribution in [2.24, 2.45) is 0 Å². The average molecular weight is 358 g/mol. The molecule has 0 spiro atoms. The van der Waals surface area contributed by atoms with Crippen LogP contribution in [0.3, 0.4) is 0 Å². The van der Waals surface area contributed by atoms with Crippen molar-refractivity contribution in [1.82, 2.24) is 9.88 Å². The monoisotopic (exact) mass is 358 g/mol. The SMILES string of the molecule is Cc1nc(CCC(=O)N2CCC(O)(C(=O)O)CC2)oc1-c1ccccc1. The first-order valence-electron chi connectivity index (χ1n) is 8.64. The molecule has 3 rings (SSSR count). The first-order valence-corrected chi connectivity index (χ1v) is 8.64. The number of carbonyl (C=O) groups excluding carboxylic acids is 1. The van der Waals surface area contributed by atoms with Gasteiger partial charge in [0.15, 0.2) is 17.3 Å². The second-order valence-electron chi connectivity index (χ2n) is 6.61. The van der Waals surface area contributed by atoms with E-state index in [4.69, 9.17) is 9.52 Å². The van der Waals surface area contributed by atoms with Crippen LogP contribution in [0.5, 0.6) is 0 Å². The van der Waals surface area contributed by atoms with Crippen molar-refractivity contribution in [2.45, 2.75) is 38.2 Å². The summed E-state index contributed by atoms with van der Waals surface area (Å²) in [6.07, 6.45) is 0.709. The smallest absolute Gasteiger partial charge is 0.335 e. The van der Waals surface area contributed by atoms with Crippen molar-refractivity contribution in [1.29, 1.82) is 0 Å². The zero-order valence-electron chi connectivity index (χ0n) is 14.6. The Labute approximate surface area is 151 Å². The van der Waals surface area contributed by atoms with Gasteiger partial charge in [-0.1, -0.05) is 30.3 Å². The molecule has 0 saturated carbocycles. The lowest BCUT2D eigenvalue weighted by atomic mass is 9.91. The number of likely N-dealkylation sites (tertiary alicyclic amines) is 1. The predicted octanol–water partition coefficient (Wildman–Crippen LogP) is 2.02. The lowest BCUT2D eigenvalue weighted by Gasteiger charge is -2.35. The summed E-state index contributed by atoms with van der Waals surface area (Å²) in [6, 6.07) is 9.67. The fourth-order valence-electron chi connectivity index (χ4n) is 3.13. The van der Waals surface area contributed by atoms with Crippen LogP contribution in [0.15, 0.2) is 34.7 Å². The number of benzene rings is 1. The number of carbonyl (C=O) groups is 2. The molecular formula is C19H22N2O5.